The van der Waals surface area contributed by atoms with E-state index < -0.39 is 5.41 Å². The predicted octanol–water partition coefficient (Wildman–Crippen LogP) is 2.75. The Hall–Kier alpha value is -2.11. The molecule has 1 atom stereocenters. The number of carbonyl (C=O) groups excluding carboxylic acids is 1. The lowest BCUT2D eigenvalue weighted by molar-refractivity contribution is -0.130. The topological polar surface area (TPSA) is 54.7 Å². The Morgan fingerprint density at radius 2 is 1.88 bits per heavy atom. The first-order chi connectivity index (χ1) is 12.1. The van der Waals surface area contributed by atoms with E-state index in [1.165, 1.54) is 0 Å². The van der Waals surface area contributed by atoms with E-state index in [2.05, 4.69) is 10.2 Å². The summed E-state index contributed by atoms with van der Waals surface area (Å²) >= 11 is 0. The quantitative estimate of drug-likeness (QED) is 0.877. The number of likely N-dealkylation sites (N-methyl/N-ethyl adjacent to an activating group) is 1. The highest BCUT2D eigenvalue weighted by atomic mass is 16.5. The van der Waals surface area contributed by atoms with Crippen molar-refractivity contribution in [3.63, 3.8) is 0 Å². The summed E-state index contributed by atoms with van der Waals surface area (Å²) < 4.78 is 11.0. The third kappa shape index (κ3) is 3.78. The fraction of sp³-hybridized carbons (Fsp3) is 0.450. The standard InChI is InChI=1S/C20H26N2O3/c1-22(2)17(18-9-6-12-25-18)15-21-19(23)20(10-13-24-14-11-20)16-7-4-3-5-8-16/h3-9,12,17H,10-11,13-15H2,1-2H3,(H,21,23)/t17-/m1/s1. The second kappa shape index (κ2) is 7.85. The van der Waals surface area contributed by atoms with Crippen molar-refractivity contribution in [1.82, 2.24) is 10.2 Å². The van der Waals surface area contributed by atoms with Crippen LogP contribution in [0.4, 0.5) is 0 Å². The summed E-state index contributed by atoms with van der Waals surface area (Å²) in [5.74, 6) is 0.923. The van der Waals surface area contributed by atoms with Crippen molar-refractivity contribution in [2.75, 3.05) is 33.9 Å². The minimum atomic E-state index is -0.514. The minimum absolute atomic E-state index is 0.00612. The molecule has 0 unspecified atom stereocenters. The Kier molecular flexibility index (Phi) is 5.56. The highest BCUT2D eigenvalue weighted by Crippen LogP contribution is 2.35. The zero-order chi connectivity index (χ0) is 17.7. The molecule has 0 bridgehead atoms. The Bertz CT molecular complexity index is 662. The van der Waals surface area contributed by atoms with E-state index in [9.17, 15) is 4.79 Å². The maximum atomic E-state index is 13.2. The van der Waals surface area contributed by atoms with E-state index in [1.54, 1.807) is 6.26 Å². The molecule has 1 aromatic heterocycles. The molecule has 1 aliphatic heterocycles. The van der Waals surface area contributed by atoms with Crippen LogP contribution >= 0.6 is 0 Å². The van der Waals surface area contributed by atoms with Crippen LogP contribution in [0.15, 0.2) is 53.1 Å². The average molecular weight is 342 g/mol. The van der Waals surface area contributed by atoms with Crippen molar-refractivity contribution in [3.8, 4) is 0 Å². The van der Waals surface area contributed by atoms with E-state index in [1.807, 2.05) is 56.6 Å². The molecule has 0 radical (unpaired) electrons. The molecule has 3 rings (SSSR count). The molecular weight excluding hydrogens is 316 g/mol. The maximum absolute atomic E-state index is 13.2. The van der Waals surface area contributed by atoms with Gasteiger partial charge >= 0.3 is 0 Å². The lowest BCUT2D eigenvalue weighted by atomic mass is 9.73. The molecule has 134 valence electrons. The van der Waals surface area contributed by atoms with Crippen molar-refractivity contribution in [1.29, 1.82) is 0 Å². The van der Waals surface area contributed by atoms with Gasteiger partial charge in [0, 0.05) is 19.8 Å². The van der Waals surface area contributed by atoms with Gasteiger partial charge in [-0.3, -0.25) is 9.69 Å². The SMILES string of the molecule is CN(C)[C@H](CNC(=O)C1(c2ccccc2)CCOCC1)c1ccco1. The normalized spacial score (nSPS) is 18.0. The van der Waals surface area contributed by atoms with E-state index in [4.69, 9.17) is 9.15 Å². The van der Waals surface area contributed by atoms with Gasteiger partial charge in [0.15, 0.2) is 0 Å². The summed E-state index contributed by atoms with van der Waals surface area (Å²) in [6.45, 7) is 1.73. The summed E-state index contributed by atoms with van der Waals surface area (Å²) in [4.78, 5) is 15.3. The molecule has 1 aromatic carbocycles. The lowest BCUT2D eigenvalue weighted by Gasteiger charge is -2.37. The number of rotatable bonds is 6. The number of amides is 1. The summed E-state index contributed by atoms with van der Waals surface area (Å²) in [7, 11) is 3.97. The molecule has 1 saturated heterocycles. The molecule has 5 heteroatoms. The summed E-state index contributed by atoms with van der Waals surface area (Å²) in [6, 6.07) is 13.9. The van der Waals surface area contributed by atoms with Crippen molar-refractivity contribution in [2.45, 2.75) is 24.3 Å². The molecule has 1 amide bonds. The number of carbonyl (C=O) groups is 1. The number of benzene rings is 1. The van der Waals surface area contributed by atoms with E-state index in [0.29, 0.717) is 32.6 Å². The first-order valence-electron chi connectivity index (χ1n) is 8.75. The number of furan rings is 1. The third-order valence-electron chi connectivity index (χ3n) is 5.06. The van der Waals surface area contributed by atoms with Gasteiger partial charge in [0.2, 0.25) is 5.91 Å². The number of nitrogens with one attached hydrogen (secondary N) is 1. The molecule has 1 fully saturated rings. The highest BCUT2D eigenvalue weighted by molar-refractivity contribution is 5.88. The smallest absolute Gasteiger partial charge is 0.230 e. The largest absolute Gasteiger partial charge is 0.468 e. The van der Waals surface area contributed by atoms with Crippen LogP contribution < -0.4 is 5.32 Å². The molecule has 5 nitrogen and oxygen atoms in total. The van der Waals surface area contributed by atoms with Gasteiger partial charge in [-0.1, -0.05) is 30.3 Å². The van der Waals surface area contributed by atoms with Crippen LogP contribution in [0.1, 0.15) is 30.2 Å². The number of ether oxygens (including phenoxy) is 1. The van der Waals surface area contributed by atoms with Crippen LogP contribution in [0.3, 0.4) is 0 Å². The van der Waals surface area contributed by atoms with Gasteiger partial charge in [0.25, 0.3) is 0 Å². The van der Waals surface area contributed by atoms with Gasteiger partial charge in [-0.25, -0.2) is 0 Å². The van der Waals surface area contributed by atoms with Gasteiger partial charge < -0.3 is 14.5 Å². The van der Waals surface area contributed by atoms with Crippen molar-refractivity contribution in [2.24, 2.45) is 0 Å². The monoisotopic (exact) mass is 342 g/mol. The minimum Gasteiger partial charge on any atom is -0.468 e. The fourth-order valence-corrected chi connectivity index (χ4v) is 3.50. The van der Waals surface area contributed by atoms with Crippen LogP contribution in [-0.4, -0.2) is 44.7 Å². The first-order valence-corrected chi connectivity index (χ1v) is 8.75. The van der Waals surface area contributed by atoms with Gasteiger partial charge in [-0.05, 0) is 44.6 Å². The molecule has 2 aromatic rings. The number of hydrogen-bond donors (Lipinski definition) is 1. The van der Waals surface area contributed by atoms with Crippen molar-refractivity contribution in [3.05, 3.63) is 60.1 Å². The second-order valence-electron chi connectivity index (χ2n) is 6.77. The summed E-state index contributed by atoms with van der Waals surface area (Å²) in [5, 5.41) is 3.17. The molecule has 2 heterocycles. The molecule has 1 aliphatic rings. The number of hydrogen-bond acceptors (Lipinski definition) is 4. The van der Waals surface area contributed by atoms with Gasteiger partial charge in [0.05, 0.1) is 17.7 Å². The molecule has 0 spiro atoms. The van der Waals surface area contributed by atoms with E-state index in [-0.39, 0.29) is 11.9 Å². The van der Waals surface area contributed by atoms with Crippen LogP contribution in [0.25, 0.3) is 0 Å². The first kappa shape index (κ1) is 17.7. The Morgan fingerprint density at radius 1 is 1.16 bits per heavy atom. The maximum Gasteiger partial charge on any atom is 0.230 e. The highest BCUT2D eigenvalue weighted by Gasteiger charge is 2.41. The van der Waals surface area contributed by atoms with Crippen LogP contribution in [0.5, 0.6) is 0 Å². The van der Waals surface area contributed by atoms with Crippen LogP contribution in [0.2, 0.25) is 0 Å². The Balaban J connectivity index is 1.77. The lowest BCUT2D eigenvalue weighted by Crippen LogP contribution is -2.49. The van der Waals surface area contributed by atoms with Gasteiger partial charge in [-0.2, -0.15) is 0 Å². The van der Waals surface area contributed by atoms with E-state index in [0.717, 1.165) is 11.3 Å². The number of nitrogens with zero attached hydrogens (tertiary/aromatic N) is 1. The zero-order valence-electron chi connectivity index (χ0n) is 14.9. The molecule has 0 aliphatic carbocycles. The van der Waals surface area contributed by atoms with Crippen molar-refractivity contribution < 1.29 is 13.9 Å². The van der Waals surface area contributed by atoms with Crippen LogP contribution in [0, 0.1) is 0 Å². The molecule has 25 heavy (non-hydrogen) atoms. The van der Waals surface area contributed by atoms with Crippen molar-refractivity contribution >= 4 is 5.91 Å². The predicted molar refractivity (Wildman–Crippen MR) is 96.3 cm³/mol. The van der Waals surface area contributed by atoms with Crippen LogP contribution in [-0.2, 0) is 14.9 Å². The summed E-state index contributed by atoms with van der Waals surface area (Å²) in [6.07, 6.45) is 3.07. The molecule has 1 N–H and O–H groups in total. The van der Waals surface area contributed by atoms with Gasteiger partial charge in [0.1, 0.15) is 5.76 Å². The molecular formula is C20H26N2O3. The molecule has 0 saturated carbocycles. The van der Waals surface area contributed by atoms with E-state index >= 15 is 0 Å². The third-order valence-corrected chi connectivity index (χ3v) is 5.06. The second-order valence-corrected chi connectivity index (χ2v) is 6.77. The fourth-order valence-electron chi connectivity index (χ4n) is 3.50. The Labute approximate surface area is 149 Å². The Morgan fingerprint density at radius 3 is 2.48 bits per heavy atom. The summed E-state index contributed by atoms with van der Waals surface area (Å²) in [5.41, 5.74) is 0.551. The van der Waals surface area contributed by atoms with Gasteiger partial charge in [-0.15, -0.1) is 0 Å². The zero-order valence-corrected chi connectivity index (χ0v) is 14.9. The average Bonchev–Trinajstić information content (AvgIpc) is 3.17.